The molecule has 0 spiro atoms. The van der Waals surface area contributed by atoms with Crippen molar-refractivity contribution in [1.82, 2.24) is 5.32 Å². The van der Waals surface area contributed by atoms with Gasteiger partial charge in [-0.05, 0) is 35.7 Å². The maximum absolute atomic E-state index is 12.3. The standard InChI is InChI=1S/C22H26N2O5/c1-15(2)12-23-21(26)18-9-4-5-10-19(18)24-20(25)14-29-22(27)17-8-6-7-16(11-17)13-28-3/h4-11,15H,12-14H2,1-3H3,(H,23,26)(H,24,25). The molecule has 0 aliphatic heterocycles. The van der Waals surface area contributed by atoms with Gasteiger partial charge >= 0.3 is 5.97 Å². The highest BCUT2D eigenvalue weighted by Crippen LogP contribution is 2.15. The van der Waals surface area contributed by atoms with E-state index in [9.17, 15) is 14.4 Å². The van der Waals surface area contributed by atoms with Crippen LogP contribution < -0.4 is 10.6 Å². The maximum atomic E-state index is 12.3. The smallest absolute Gasteiger partial charge is 0.338 e. The van der Waals surface area contributed by atoms with E-state index < -0.39 is 18.5 Å². The lowest BCUT2D eigenvalue weighted by Crippen LogP contribution is -2.29. The number of nitrogens with one attached hydrogen (secondary N) is 2. The highest BCUT2D eigenvalue weighted by molar-refractivity contribution is 6.04. The van der Waals surface area contributed by atoms with E-state index in [0.717, 1.165) is 5.56 Å². The van der Waals surface area contributed by atoms with Crippen molar-refractivity contribution < 1.29 is 23.9 Å². The lowest BCUT2D eigenvalue weighted by Gasteiger charge is -2.12. The molecule has 0 bridgehead atoms. The SMILES string of the molecule is COCc1cccc(C(=O)OCC(=O)Nc2ccccc2C(=O)NCC(C)C)c1. The number of para-hydroxylation sites is 1. The summed E-state index contributed by atoms with van der Waals surface area (Å²) in [5, 5.41) is 5.43. The molecular weight excluding hydrogens is 372 g/mol. The van der Waals surface area contributed by atoms with Gasteiger partial charge in [-0.15, -0.1) is 0 Å². The molecule has 0 saturated heterocycles. The summed E-state index contributed by atoms with van der Waals surface area (Å²) in [5.41, 5.74) is 1.87. The average Bonchev–Trinajstić information content (AvgIpc) is 2.71. The fraction of sp³-hybridized carbons (Fsp3) is 0.318. The molecule has 0 unspecified atom stereocenters. The lowest BCUT2D eigenvalue weighted by molar-refractivity contribution is -0.119. The largest absolute Gasteiger partial charge is 0.452 e. The van der Waals surface area contributed by atoms with Gasteiger partial charge < -0.3 is 20.1 Å². The number of hydrogen-bond donors (Lipinski definition) is 2. The summed E-state index contributed by atoms with van der Waals surface area (Å²) < 4.78 is 10.1. The summed E-state index contributed by atoms with van der Waals surface area (Å²) in [5.74, 6) is -1.11. The fourth-order valence-electron chi connectivity index (χ4n) is 2.54. The number of rotatable bonds is 9. The molecule has 7 heteroatoms. The molecule has 0 saturated carbocycles. The van der Waals surface area contributed by atoms with Crippen LogP contribution in [0.4, 0.5) is 5.69 Å². The molecule has 0 aliphatic carbocycles. The van der Waals surface area contributed by atoms with Crippen molar-refractivity contribution in [2.75, 3.05) is 25.6 Å². The third kappa shape index (κ3) is 7.04. The first kappa shape index (κ1) is 22.1. The molecule has 0 atom stereocenters. The summed E-state index contributed by atoms with van der Waals surface area (Å²) in [4.78, 5) is 36.7. The van der Waals surface area contributed by atoms with E-state index in [2.05, 4.69) is 10.6 Å². The molecule has 0 aliphatic rings. The van der Waals surface area contributed by atoms with Crippen molar-refractivity contribution in [2.24, 2.45) is 5.92 Å². The molecule has 0 radical (unpaired) electrons. The fourth-order valence-corrected chi connectivity index (χ4v) is 2.54. The Kier molecular flexibility index (Phi) is 8.36. The molecule has 7 nitrogen and oxygen atoms in total. The molecule has 2 rings (SSSR count). The molecule has 0 aromatic heterocycles. The van der Waals surface area contributed by atoms with Gasteiger partial charge in [0.05, 0.1) is 23.4 Å². The van der Waals surface area contributed by atoms with Crippen LogP contribution in [0.5, 0.6) is 0 Å². The van der Waals surface area contributed by atoms with Crippen LogP contribution in [0.2, 0.25) is 0 Å². The Morgan fingerprint density at radius 3 is 2.52 bits per heavy atom. The van der Waals surface area contributed by atoms with Crippen molar-refractivity contribution in [3.05, 3.63) is 65.2 Å². The van der Waals surface area contributed by atoms with Crippen LogP contribution in [-0.2, 0) is 20.9 Å². The predicted molar refractivity (Wildman–Crippen MR) is 110 cm³/mol. The average molecular weight is 398 g/mol. The van der Waals surface area contributed by atoms with Crippen molar-refractivity contribution >= 4 is 23.5 Å². The van der Waals surface area contributed by atoms with E-state index in [0.29, 0.717) is 35.9 Å². The number of benzene rings is 2. The summed E-state index contributed by atoms with van der Waals surface area (Å²) in [6.45, 7) is 4.42. The van der Waals surface area contributed by atoms with Gasteiger partial charge in [0.25, 0.3) is 11.8 Å². The summed E-state index contributed by atoms with van der Waals surface area (Å²) in [7, 11) is 1.57. The number of anilines is 1. The molecule has 2 aromatic carbocycles. The molecule has 2 aromatic rings. The number of methoxy groups -OCH3 is 1. The first-order valence-electron chi connectivity index (χ1n) is 9.32. The van der Waals surface area contributed by atoms with Crippen LogP contribution in [0, 0.1) is 5.92 Å². The maximum Gasteiger partial charge on any atom is 0.338 e. The number of carbonyl (C=O) groups is 3. The van der Waals surface area contributed by atoms with Gasteiger partial charge in [0, 0.05) is 13.7 Å². The topological polar surface area (TPSA) is 93.7 Å². The number of hydrogen-bond acceptors (Lipinski definition) is 5. The van der Waals surface area contributed by atoms with Gasteiger partial charge in [0.15, 0.2) is 6.61 Å². The number of esters is 1. The normalized spacial score (nSPS) is 10.5. The monoisotopic (exact) mass is 398 g/mol. The summed E-state index contributed by atoms with van der Waals surface area (Å²) >= 11 is 0. The highest BCUT2D eigenvalue weighted by Gasteiger charge is 2.15. The Labute approximate surface area is 170 Å². The Morgan fingerprint density at radius 2 is 1.79 bits per heavy atom. The third-order valence-electron chi connectivity index (χ3n) is 3.92. The van der Waals surface area contributed by atoms with Crippen molar-refractivity contribution in [3.63, 3.8) is 0 Å². The molecule has 0 heterocycles. The van der Waals surface area contributed by atoms with Crippen LogP contribution in [-0.4, -0.2) is 38.0 Å². The lowest BCUT2D eigenvalue weighted by atomic mass is 10.1. The highest BCUT2D eigenvalue weighted by atomic mass is 16.5. The summed E-state index contributed by atoms with van der Waals surface area (Å²) in [6, 6.07) is 13.5. The minimum absolute atomic E-state index is 0.276. The minimum atomic E-state index is -0.610. The zero-order valence-corrected chi connectivity index (χ0v) is 16.9. The van der Waals surface area contributed by atoms with Crippen molar-refractivity contribution in [3.8, 4) is 0 Å². The van der Waals surface area contributed by atoms with E-state index >= 15 is 0 Å². The first-order chi connectivity index (χ1) is 13.9. The van der Waals surface area contributed by atoms with Crippen LogP contribution in [0.15, 0.2) is 48.5 Å². The quantitative estimate of drug-likeness (QED) is 0.634. The van der Waals surface area contributed by atoms with Crippen LogP contribution >= 0.6 is 0 Å². The second kappa shape index (κ2) is 11.0. The van der Waals surface area contributed by atoms with E-state index in [1.165, 1.54) is 0 Å². The van der Waals surface area contributed by atoms with E-state index in [1.54, 1.807) is 49.6 Å². The molecule has 154 valence electrons. The van der Waals surface area contributed by atoms with Gasteiger partial charge in [-0.2, -0.15) is 0 Å². The summed E-state index contributed by atoms with van der Waals surface area (Å²) in [6.07, 6.45) is 0. The second-order valence-electron chi connectivity index (χ2n) is 6.91. The van der Waals surface area contributed by atoms with Crippen LogP contribution in [0.1, 0.15) is 40.1 Å². The predicted octanol–water partition coefficient (Wildman–Crippen LogP) is 3.01. The molecule has 2 N–H and O–H groups in total. The Hall–Kier alpha value is -3.19. The van der Waals surface area contributed by atoms with E-state index in [1.807, 2.05) is 19.9 Å². The molecular formula is C22H26N2O5. The number of ether oxygens (including phenoxy) is 2. The Morgan fingerprint density at radius 1 is 1.03 bits per heavy atom. The zero-order valence-electron chi connectivity index (χ0n) is 16.9. The first-order valence-corrected chi connectivity index (χ1v) is 9.32. The molecule has 0 fully saturated rings. The second-order valence-corrected chi connectivity index (χ2v) is 6.91. The number of amides is 2. The molecule has 29 heavy (non-hydrogen) atoms. The van der Waals surface area contributed by atoms with Crippen LogP contribution in [0.3, 0.4) is 0 Å². The Bertz CT molecular complexity index is 864. The van der Waals surface area contributed by atoms with E-state index in [4.69, 9.17) is 9.47 Å². The molecule has 2 amide bonds. The van der Waals surface area contributed by atoms with E-state index in [-0.39, 0.29) is 5.91 Å². The Balaban J connectivity index is 1.95. The van der Waals surface area contributed by atoms with Crippen LogP contribution in [0.25, 0.3) is 0 Å². The van der Waals surface area contributed by atoms with Crippen molar-refractivity contribution in [2.45, 2.75) is 20.5 Å². The van der Waals surface area contributed by atoms with Gasteiger partial charge in [-0.1, -0.05) is 38.1 Å². The van der Waals surface area contributed by atoms with Gasteiger partial charge in [0.2, 0.25) is 0 Å². The zero-order chi connectivity index (χ0) is 21.2. The van der Waals surface area contributed by atoms with Gasteiger partial charge in [-0.25, -0.2) is 4.79 Å². The van der Waals surface area contributed by atoms with Crippen molar-refractivity contribution in [1.29, 1.82) is 0 Å². The number of carbonyl (C=O) groups excluding carboxylic acids is 3. The third-order valence-corrected chi connectivity index (χ3v) is 3.92. The minimum Gasteiger partial charge on any atom is -0.452 e. The van der Waals surface area contributed by atoms with Gasteiger partial charge in [-0.3, -0.25) is 9.59 Å². The van der Waals surface area contributed by atoms with Gasteiger partial charge in [0.1, 0.15) is 0 Å².